The Labute approximate surface area is 642 Å². The molecule has 17 nitrogen and oxygen atoms in total. The van der Waals surface area contributed by atoms with E-state index in [1.54, 1.807) is 12.2 Å². The summed E-state index contributed by atoms with van der Waals surface area (Å²) in [6.45, 7) is 4.44. The predicted molar refractivity (Wildman–Crippen MR) is 436 cm³/mol. The van der Waals surface area contributed by atoms with Gasteiger partial charge in [0.05, 0.1) is 32.8 Å². The summed E-state index contributed by atoms with van der Waals surface area (Å²) in [6, 6.07) is 0. The fraction of sp³-hybridized carbons (Fsp3) is 0.655. The minimum absolute atomic E-state index is 0.0784. The van der Waals surface area contributed by atoms with Gasteiger partial charge in [0.25, 0.3) is 0 Å². The van der Waals surface area contributed by atoms with Gasteiger partial charge in [-0.2, -0.15) is 0 Å². The second kappa shape index (κ2) is 77.8. The number of phosphoric acid groups is 2. The van der Waals surface area contributed by atoms with Crippen molar-refractivity contribution in [3.63, 3.8) is 0 Å². The van der Waals surface area contributed by atoms with E-state index in [0.717, 1.165) is 141 Å². The molecule has 0 aliphatic rings. The lowest BCUT2D eigenvalue weighted by Gasteiger charge is -2.21. The Morgan fingerprint density at radius 2 is 0.538 bits per heavy atom. The Hall–Kier alpha value is -5.32. The SMILES string of the molecule is CC/C=C\C/C=C\C/C=C\C/C=C\C/C=C\CCCC(=O)OCC(COP(=O)(O)OCC(O)COP(=O)(O)OCC(COC(=O)CCCCCCCC/C=C\C/C=C\C/C=C\CCCCC)OC(=O)C/C=C\C/C=C\C/C=C\C/C=C\C/C=C\CC)OC(=O)CCCCCCCCCCCCCCCCC. The highest BCUT2D eigenvalue weighted by Gasteiger charge is 2.30. The number of rotatable bonds is 75. The topological polar surface area (TPSA) is 237 Å². The Morgan fingerprint density at radius 3 is 0.896 bits per heavy atom. The second-order valence-corrected chi connectivity index (χ2v) is 29.5. The van der Waals surface area contributed by atoms with Crippen molar-refractivity contribution in [2.24, 2.45) is 0 Å². The van der Waals surface area contributed by atoms with E-state index >= 15 is 0 Å². The molecule has 604 valence electrons. The maximum atomic E-state index is 13.1. The number of esters is 4. The normalized spacial score (nSPS) is 14.7. The Morgan fingerprint density at radius 1 is 0.283 bits per heavy atom. The molecule has 0 amide bonds. The van der Waals surface area contributed by atoms with Crippen LogP contribution in [0, 0.1) is 0 Å². The van der Waals surface area contributed by atoms with Crippen LogP contribution in [-0.4, -0.2) is 96.7 Å². The van der Waals surface area contributed by atoms with Crippen LogP contribution < -0.4 is 0 Å². The number of hydrogen-bond acceptors (Lipinski definition) is 15. The van der Waals surface area contributed by atoms with Crippen molar-refractivity contribution in [3.8, 4) is 0 Å². The van der Waals surface area contributed by atoms with Crippen molar-refractivity contribution in [2.75, 3.05) is 39.6 Å². The summed E-state index contributed by atoms with van der Waals surface area (Å²) in [6.07, 6.45) is 91.1. The predicted octanol–water partition coefficient (Wildman–Crippen LogP) is 24.0. The van der Waals surface area contributed by atoms with Crippen LogP contribution in [-0.2, 0) is 65.4 Å². The van der Waals surface area contributed by atoms with Crippen LogP contribution in [0.25, 0.3) is 0 Å². The molecule has 5 atom stereocenters. The molecule has 0 aromatic rings. The van der Waals surface area contributed by atoms with E-state index in [-0.39, 0.29) is 25.7 Å². The minimum atomic E-state index is -5.01. The highest BCUT2D eigenvalue weighted by Crippen LogP contribution is 2.45. The molecule has 0 radical (unpaired) electrons. The third-order valence-electron chi connectivity index (χ3n) is 16.5. The van der Waals surface area contributed by atoms with Gasteiger partial charge in [0, 0.05) is 19.3 Å². The molecular formula is C87H144O17P2. The second-order valence-electron chi connectivity index (χ2n) is 26.6. The summed E-state index contributed by atoms with van der Waals surface area (Å²) in [5, 5.41) is 10.6. The monoisotopic (exact) mass is 1520 g/mol. The van der Waals surface area contributed by atoms with Crippen molar-refractivity contribution in [3.05, 3.63) is 158 Å². The number of phosphoric ester groups is 2. The molecule has 0 heterocycles. The minimum Gasteiger partial charge on any atom is -0.462 e. The first-order valence-electron chi connectivity index (χ1n) is 40.7. The van der Waals surface area contributed by atoms with Gasteiger partial charge in [-0.05, 0) is 128 Å². The molecule has 0 bridgehead atoms. The van der Waals surface area contributed by atoms with Gasteiger partial charge < -0.3 is 33.8 Å². The lowest BCUT2D eigenvalue weighted by molar-refractivity contribution is -0.161. The standard InChI is InChI=1S/C87H144O17P2/c1-5-9-13-17-21-25-29-33-37-39-40-42-46-48-52-56-60-64-68-72-85(90)98-78-83(104-87(92)74-70-66-62-58-54-50-44-36-32-28-24-20-16-12-8-4)80-102-106(95,96)100-76-81(88)75-99-105(93,94)101-79-82(103-86(91)73-69-65-61-57-53-49-43-35-31-27-23-19-15-11-7-3)77-97-84(89)71-67-63-59-55-51-47-45-41-38-34-30-26-22-18-14-10-6-2/h10,12,14,16,21-22,24-26,28,33-34,36-38,40,42,44-45,47,54-55,58-59,66,70,81-83,88H,5-9,11,13,15,17-20,23,27,29-32,35,39,41,43,46,48-53,56-57,60-65,67-69,71-80H2,1-4H3,(H,93,94)(H,95,96)/b14-10-,16-12-,25-21-,26-22-,28-24-,37-33-,38-34-,42-40-,44-36-,47-45-,58-54-,59-55-,70-66-. The van der Waals surface area contributed by atoms with E-state index in [0.29, 0.717) is 32.1 Å². The van der Waals surface area contributed by atoms with Crippen molar-refractivity contribution in [1.82, 2.24) is 0 Å². The molecule has 0 aromatic heterocycles. The van der Waals surface area contributed by atoms with Crippen LogP contribution in [0.1, 0.15) is 310 Å². The highest BCUT2D eigenvalue weighted by molar-refractivity contribution is 7.47. The molecule has 19 heteroatoms. The van der Waals surface area contributed by atoms with Crippen molar-refractivity contribution in [1.29, 1.82) is 0 Å². The van der Waals surface area contributed by atoms with E-state index < -0.39 is 97.5 Å². The Balaban J connectivity index is 5.48. The molecule has 0 rings (SSSR count). The number of hydrogen-bond donors (Lipinski definition) is 3. The fourth-order valence-corrected chi connectivity index (χ4v) is 12.0. The zero-order chi connectivity index (χ0) is 77.4. The molecule has 0 spiro atoms. The van der Waals surface area contributed by atoms with E-state index in [1.807, 2.05) is 24.3 Å². The van der Waals surface area contributed by atoms with Gasteiger partial charge in [-0.15, -0.1) is 0 Å². The summed E-state index contributed by atoms with van der Waals surface area (Å²) in [5.41, 5.74) is 0. The first-order valence-corrected chi connectivity index (χ1v) is 43.7. The van der Waals surface area contributed by atoms with Crippen LogP contribution in [0.5, 0.6) is 0 Å². The zero-order valence-electron chi connectivity index (χ0n) is 66.1. The van der Waals surface area contributed by atoms with E-state index in [4.69, 9.17) is 37.0 Å². The number of carbonyl (C=O) groups excluding carboxylic acids is 4. The van der Waals surface area contributed by atoms with E-state index in [9.17, 15) is 43.2 Å². The van der Waals surface area contributed by atoms with Gasteiger partial charge in [0.15, 0.2) is 12.2 Å². The first kappa shape index (κ1) is 101. The Bertz CT molecular complexity index is 2630. The number of unbranched alkanes of at least 4 members (excludes halogenated alkanes) is 24. The quantitative estimate of drug-likeness (QED) is 0.0169. The summed E-state index contributed by atoms with van der Waals surface area (Å²) in [4.78, 5) is 73.0. The van der Waals surface area contributed by atoms with Crippen LogP contribution in [0.2, 0.25) is 0 Å². The molecule has 0 aliphatic carbocycles. The summed E-state index contributed by atoms with van der Waals surface area (Å²) in [7, 11) is -10.0. The smallest absolute Gasteiger partial charge is 0.462 e. The van der Waals surface area contributed by atoms with Crippen LogP contribution in [0.3, 0.4) is 0 Å². The van der Waals surface area contributed by atoms with E-state index in [2.05, 4.69) is 149 Å². The van der Waals surface area contributed by atoms with Crippen LogP contribution >= 0.6 is 15.6 Å². The third-order valence-corrected chi connectivity index (χ3v) is 18.4. The summed E-state index contributed by atoms with van der Waals surface area (Å²) >= 11 is 0. The van der Waals surface area contributed by atoms with Crippen LogP contribution in [0.4, 0.5) is 0 Å². The number of carbonyl (C=O) groups is 4. The number of ether oxygens (including phenoxy) is 4. The maximum absolute atomic E-state index is 13.1. The largest absolute Gasteiger partial charge is 0.472 e. The average Bonchev–Trinajstić information content (AvgIpc) is 0.928. The van der Waals surface area contributed by atoms with Crippen molar-refractivity contribution < 1.29 is 80.2 Å². The fourth-order valence-electron chi connectivity index (χ4n) is 10.4. The zero-order valence-corrected chi connectivity index (χ0v) is 67.8. The molecule has 0 saturated heterocycles. The Kier molecular flexibility index (Phi) is 73.9. The summed E-state index contributed by atoms with van der Waals surface area (Å²) in [5.74, 6) is -2.41. The molecule has 3 N–H and O–H groups in total. The molecule has 0 aliphatic heterocycles. The molecule has 0 aromatic carbocycles. The molecule has 106 heavy (non-hydrogen) atoms. The van der Waals surface area contributed by atoms with Gasteiger partial charge in [-0.1, -0.05) is 314 Å². The first-order chi connectivity index (χ1) is 51.7. The lowest BCUT2D eigenvalue weighted by atomic mass is 10.0. The molecule has 5 unspecified atom stereocenters. The summed E-state index contributed by atoms with van der Waals surface area (Å²) < 4.78 is 68.5. The third kappa shape index (κ3) is 76.9. The van der Waals surface area contributed by atoms with E-state index in [1.165, 1.54) is 83.5 Å². The van der Waals surface area contributed by atoms with Gasteiger partial charge >= 0.3 is 39.5 Å². The average molecular weight is 1520 g/mol. The van der Waals surface area contributed by atoms with Gasteiger partial charge in [-0.3, -0.25) is 37.3 Å². The lowest BCUT2D eigenvalue weighted by Crippen LogP contribution is -2.30. The number of allylic oxidation sites excluding steroid dienone is 25. The van der Waals surface area contributed by atoms with Crippen molar-refractivity contribution in [2.45, 2.75) is 329 Å². The molecule has 0 fully saturated rings. The molecular weight excluding hydrogens is 1380 g/mol. The number of aliphatic hydroxyl groups is 1. The van der Waals surface area contributed by atoms with Crippen LogP contribution in [0.15, 0.2) is 158 Å². The highest BCUT2D eigenvalue weighted by atomic mass is 31.2. The van der Waals surface area contributed by atoms with Gasteiger partial charge in [-0.25, -0.2) is 9.13 Å². The van der Waals surface area contributed by atoms with Crippen molar-refractivity contribution >= 4 is 39.5 Å². The molecule has 0 saturated carbocycles. The maximum Gasteiger partial charge on any atom is 0.472 e. The number of aliphatic hydroxyl groups excluding tert-OH is 1. The van der Waals surface area contributed by atoms with Gasteiger partial charge in [0.2, 0.25) is 0 Å². The van der Waals surface area contributed by atoms with Gasteiger partial charge in [0.1, 0.15) is 19.3 Å².